The number of aliphatic hydroxyl groups excluding tert-OH is 1. The monoisotopic (exact) mass is 566 g/mol. The molecule has 3 aromatic carbocycles. The second-order valence-corrected chi connectivity index (χ2v) is 10.3. The fourth-order valence-corrected chi connectivity index (χ4v) is 5.12. The van der Waals surface area contributed by atoms with E-state index in [9.17, 15) is 14.3 Å². The zero-order chi connectivity index (χ0) is 28.2. The number of rotatable bonds is 12. The van der Waals surface area contributed by atoms with Gasteiger partial charge in [-0.15, -0.1) is 4.33 Å². The van der Waals surface area contributed by atoms with Crippen LogP contribution < -0.4 is 14.4 Å². The highest BCUT2D eigenvalue weighted by Crippen LogP contribution is 2.48. The quantitative estimate of drug-likeness (QED) is 0.0821. The van der Waals surface area contributed by atoms with Crippen LogP contribution in [0, 0.1) is 5.82 Å². The number of hydrogen-bond acceptors (Lipinski definition) is 8. The summed E-state index contributed by atoms with van der Waals surface area (Å²) in [6, 6.07) is 16.9. The third-order valence-electron chi connectivity index (χ3n) is 6.78. The van der Waals surface area contributed by atoms with Crippen LogP contribution in [-0.4, -0.2) is 37.8 Å². The molecule has 0 aliphatic heterocycles. The summed E-state index contributed by atoms with van der Waals surface area (Å²) in [7, 11) is 3.02. The number of nitrogens with one attached hydrogen (secondary N) is 1. The number of hydrogen-bond donors (Lipinski definition) is 2. The van der Waals surface area contributed by atoms with Crippen molar-refractivity contribution in [3.63, 3.8) is 0 Å². The highest BCUT2D eigenvalue weighted by atomic mass is 32.2. The van der Waals surface area contributed by atoms with Gasteiger partial charge in [0.05, 0.1) is 31.0 Å². The minimum atomic E-state index is -0.569. The topological polar surface area (TPSA) is 93.4 Å². The summed E-state index contributed by atoms with van der Waals surface area (Å²) in [4.78, 5) is 18.0. The Morgan fingerprint density at radius 1 is 1.15 bits per heavy atom. The van der Waals surface area contributed by atoms with Crippen LogP contribution in [0.4, 0.5) is 10.1 Å². The van der Waals surface area contributed by atoms with Crippen LogP contribution in [0.15, 0.2) is 65.1 Å². The van der Waals surface area contributed by atoms with Gasteiger partial charge in [0.2, 0.25) is 0 Å². The first-order chi connectivity index (χ1) is 19.4. The minimum Gasteiger partial charge on any atom is -0.457 e. The molecule has 1 fully saturated rings. The maximum Gasteiger partial charge on any atom is 0.255 e. The van der Waals surface area contributed by atoms with E-state index in [0.29, 0.717) is 58.2 Å². The van der Waals surface area contributed by atoms with E-state index in [1.807, 2.05) is 35.5 Å². The van der Waals surface area contributed by atoms with Crippen molar-refractivity contribution < 1.29 is 32.7 Å². The van der Waals surface area contributed by atoms with Gasteiger partial charge in [0, 0.05) is 24.1 Å². The third kappa shape index (κ3) is 6.10. The Morgan fingerprint density at radius 3 is 2.42 bits per heavy atom. The SMILES string of the molecule is CCC(O)CN(SOOC)c1cc2oc(-c3ccc(Oc4ccc(F)cc4)cc3)c(C(=O)NC)c2cc1C1CC1. The maximum atomic E-state index is 13.2. The second-order valence-electron chi connectivity index (χ2n) is 9.58. The average Bonchev–Trinajstić information content (AvgIpc) is 3.76. The predicted octanol–water partition coefficient (Wildman–Crippen LogP) is 6.99. The van der Waals surface area contributed by atoms with E-state index in [4.69, 9.17) is 18.4 Å². The molecule has 1 heterocycles. The molecule has 8 nitrogen and oxygen atoms in total. The molecule has 4 aromatic rings. The van der Waals surface area contributed by atoms with Crippen molar-refractivity contribution in [1.82, 2.24) is 5.32 Å². The minimum absolute atomic E-state index is 0.259. The van der Waals surface area contributed by atoms with Crippen molar-refractivity contribution in [1.29, 1.82) is 0 Å². The molecule has 2 N–H and O–H groups in total. The number of fused-ring (bicyclic) bond motifs is 1. The van der Waals surface area contributed by atoms with Crippen LogP contribution in [0.5, 0.6) is 11.5 Å². The molecule has 5 rings (SSSR count). The summed E-state index contributed by atoms with van der Waals surface area (Å²) in [6.07, 6.45) is 2.08. The number of carbonyl (C=O) groups is 1. The van der Waals surface area contributed by atoms with E-state index in [1.165, 1.54) is 19.2 Å². The van der Waals surface area contributed by atoms with Gasteiger partial charge in [-0.3, -0.25) is 9.10 Å². The lowest BCUT2D eigenvalue weighted by molar-refractivity contribution is -0.160. The van der Waals surface area contributed by atoms with Gasteiger partial charge in [0.1, 0.15) is 28.7 Å². The summed E-state index contributed by atoms with van der Waals surface area (Å²) >= 11 is 1.00. The maximum absolute atomic E-state index is 13.2. The number of halogens is 1. The number of carbonyl (C=O) groups excluding carboxylic acids is 1. The Balaban J connectivity index is 1.56. The van der Waals surface area contributed by atoms with Crippen LogP contribution in [0.1, 0.15) is 48.0 Å². The smallest absolute Gasteiger partial charge is 0.255 e. The predicted molar refractivity (Wildman–Crippen MR) is 153 cm³/mol. The highest BCUT2D eigenvalue weighted by Gasteiger charge is 2.32. The second kappa shape index (κ2) is 12.3. The van der Waals surface area contributed by atoms with Crippen molar-refractivity contribution in [2.75, 3.05) is 25.0 Å². The summed E-state index contributed by atoms with van der Waals surface area (Å²) < 4.78 is 32.4. The number of aliphatic hydroxyl groups is 1. The number of nitrogens with zero attached hydrogens (tertiary/aromatic N) is 1. The van der Waals surface area contributed by atoms with Gasteiger partial charge >= 0.3 is 0 Å². The largest absolute Gasteiger partial charge is 0.457 e. The van der Waals surface area contributed by atoms with Gasteiger partial charge in [-0.2, -0.15) is 0 Å². The van der Waals surface area contributed by atoms with Crippen LogP contribution in [-0.2, 0) is 9.22 Å². The molecule has 210 valence electrons. The molecule has 1 aliphatic rings. The number of ether oxygens (including phenoxy) is 1. The molecular formula is C30H31FN2O6S. The fraction of sp³-hybridized carbons (Fsp3) is 0.300. The molecule has 1 saturated carbocycles. The van der Waals surface area contributed by atoms with Gasteiger partial charge in [-0.25, -0.2) is 9.28 Å². The first-order valence-corrected chi connectivity index (χ1v) is 13.8. The first kappa shape index (κ1) is 28.0. The van der Waals surface area contributed by atoms with Gasteiger partial charge in [0.25, 0.3) is 5.91 Å². The number of furan rings is 1. The zero-order valence-corrected chi connectivity index (χ0v) is 23.3. The molecule has 10 heteroatoms. The normalized spacial score (nSPS) is 13.8. The first-order valence-electron chi connectivity index (χ1n) is 13.1. The fourth-order valence-electron chi connectivity index (χ4n) is 4.51. The van der Waals surface area contributed by atoms with Crippen molar-refractivity contribution in [2.24, 2.45) is 0 Å². The van der Waals surface area contributed by atoms with Crippen molar-refractivity contribution in [3.05, 3.63) is 77.6 Å². The summed E-state index contributed by atoms with van der Waals surface area (Å²) in [5.74, 6) is 1.25. The van der Waals surface area contributed by atoms with Gasteiger partial charge in [0.15, 0.2) is 12.2 Å². The van der Waals surface area contributed by atoms with E-state index < -0.39 is 6.10 Å². The van der Waals surface area contributed by atoms with Crippen molar-refractivity contribution in [3.8, 4) is 22.8 Å². The Kier molecular flexibility index (Phi) is 8.60. The van der Waals surface area contributed by atoms with Gasteiger partial charge in [-0.05, 0) is 85.3 Å². The Morgan fingerprint density at radius 2 is 1.82 bits per heavy atom. The average molecular weight is 567 g/mol. The van der Waals surface area contributed by atoms with Crippen LogP contribution >= 0.6 is 12.2 Å². The van der Waals surface area contributed by atoms with E-state index in [2.05, 4.69) is 5.32 Å². The Labute approximate surface area is 236 Å². The number of anilines is 1. The molecular weight excluding hydrogens is 535 g/mol. The van der Waals surface area contributed by atoms with E-state index in [0.717, 1.165) is 36.3 Å². The highest BCUT2D eigenvalue weighted by molar-refractivity contribution is 7.96. The molecule has 0 saturated heterocycles. The lowest BCUT2D eigenvalue weighted by Gasteiger charge is -2.26. The standard InChI is InChI=1S/C30H31FN2O6S/c1-4-21(34)17-33(40-39-36-3)26-16-27-25(15-24(26)18-5-6-18)28(30(35)32-2)29(38-27)19-7-11-22(12-8-19)37-23-13-9-20(31)10-14-23/h7-16,18,21,34H,4-6,17H2,1-3H3,(H,32,35). The lowest BCUT2D eigenvalue weighted by atomic mass is 10.00. The van der Waals surface area contributed by atoms with Crippen LogP contribution in [0.2, 0.25) is 0 Å². The number of amides is 1. The molecule has 1 aromatic heterocycles. The number of benzene rings is 3. The third-order valence-corrected chi connectivity index (χ3v) is 7.50. The molecule has 0 bridgehead atoms. The van der Waals surface area contributed by atoms with Gasteiger partial charge in [-0.1, -0.05) is 6.92 Å². The molecule has 0 radical (unpaired) electrons. The summed E-state index contributed by atoms with van der Waals surface area (Å²) in [5.41, 5.74) is 3.58. The molecule has 1 atom stereocenters. The van der Waals surface area contributed by atoms with E-state index >= 15 is 0 Å². The van der Waals surface area contributed by atoms with E-state index in [-0.39, 0.29) is 11.7 Å². The molecule has 1 unspecified atom stereocenters. The summed E-state index contributed by atoms with van der Waals surface area (Å²) in [5, 5.41) is 13.9. The van der Waals surface area contributed by atoms with Crippen molar-refractivity contribution >= 4 is 34.8 Å². The van der Waals surface area contributed by atoms with Crippen molar-refractivity contribution in [2.45, 2.75) is 38.2 Å². The molecule has 40 heavy (non-hydrogen) atoms. The Hall–Kier alpha value is -3.57. The molecule has 0 spiro atoms. The lowest BCUT2D eigenvalue weighted by Crippen LogP contribution is -2.27. The van der Waals surface area contributed by atoms with Crippen LogP contribution in [0.3, 0.4) is 0 Å². The zero-order valence-electron chi connectivity index (χ0n) is 22.5. The van der Waals surface area contributed by atoms with Gasteiger partial charge < -0.3 is 19.6 Å². The molecule has 1 aliphatic carbocycles. The molecule has 1 amide bonds. The van der Waals surface area contributed by atoms with Crippen LogP contribution in [0.25, 0.3) is 22.3 Å². The summed E-state index contributed by atoms with van der Waals surface area (Å²) in [6.45, 7) is 2.24. The Bertz CT molecular complexity index is 1470. The van der Waals surface area contributed by atoms with E-state index in [1.54, 1.807) is 31.3 Å².